The van der Waals surface area contributed by atoms with Crippen LogP contribution in [0.3, 0.4) is 0 Å². The molecule has 0 saturated carbocycles. The molecule has 0 unspecified atom stereocenters. The normalized spacial score (nSPS) is 11.6. The van der Waals surface area contributed by atoms with Crippen molar-refractivity contribution in [1.29, 1.82) is 0 Å². The highest BCUT2D eigenvalue weighted by atomic mass is 79.9. The van der Waals surface area contributed by atoms with E-state index in [0.29, 0.717) is 19.5 Å². The number of benzene rings is 3. The summed E-state index contributed by atoms with van der Waals surface area (Å²) < 4.78 is 0.944. The third-order valence-electron chi connectivity index (χ3n) is 5.79. The lowest BCUT2D eigenvalue weighted by Gasteiger charge is -2.31. The maximum absolute atomic E-state index is 13.7. The average Bonchev–Trinajstić information content (AvgIpc) is 2.79. The lowest BCUT2D eigenvalue weighted by molar-refractivity contribution is -0.140. The molecule has 0 bridgehead atoms. The minimum Gasteiger partial charge on any atom is -0.355 e. The number of hydrogen-bond donors (Lipinski definition) is 1. The summed E-state index contributed by atoms with van der Waals surface area (Å²) in [7, 11) is 0. The Hall–Kier alpha value is -2.92. The number of nitrogens with zero attached hydrogens (tertiary/aromatic N) is 1. The van der Waals surface area contributed by atoms with Gasteiger partial charge in [0.2, 0.25) is 11.8 Å². The van der Waals surface area contributed by atoms with Gasteiger partial charge in [0.05, 0.1) is 6.42 Å². The summed E-state index contributed by atoms with van der Waals surface area (Å²) in [5.74, 6) is -0.199. The highest BCUT2D eigenvalue weighted by molar-refractivity contribution is 9.10. The van der Waals surface area contributed by atoms with Gasteiger partial charge in [-0.2, -0.15) is 0 Å². The monoisotopic (exact) mass is 506 g/mol. The summed E-state index contributed by atoms with van der Waals surface area (Å²) in [6, 6.07) is 23.2. The topological polar surface area (TPSA) is 49.4 Å². The zero-order valence-corrected chi connectivity index (χ0v) is 21.1. The van der Waals surface area contributed by atoms with E-state index in [4.69, 9.17) is 0 Å². The van der Waals surface area contributed by atoms with E-state index in [2.05, 4.69) is 41.2 Å². The number of halogens is 1. The van der Waals surface area contributed by atoms with E-state index >= 15 is 0 Å². The fourth-order valence-electron chi connectivity index (χ4n) is 3.87. The highest BCUT2D eigenvalue weighted by Crippen LogP contribution is 2.19. The van der Waals surface area contributed by atoms with Crippen molar-refractivity contribution in [2.24, 2.45) is 0 Å². The molecule has 0 saturated heterocycles. The lowest BCUT2D eigenvalue weighted by Crippen LogP contribution is -2.50. The van der Waals surface area contributed by atoms with E-state index in [0.717, 1.165) is 26.7 Å². The smallest absolute Gasteiger partial charge is 0.243 e. The van der Waals surface area contributed by atoms with Crippen molar-refractivity contribution in [2.75, 3.05) is 6.54 Å². The van der Waals surface area contributed by atoms with Crippen LogP contribution >= 0.6 is 15.9 Å². The van der Waals surface area contributed by atoms with Gasteiger partial charge < -0.3 is 10.2 Å². The van der Waals surface area contributed by atoms with E-state index in [-0.39, 0.29) is 18.2 Å². The first kappa shape index (κ1) is 24.7. The van der Waals surface area contributed by atoms with Crippen molar-refractivity contribution in [3.8, 4) is 0 Å². The van der Waals surface area contributed by atoms with Crippen LogP contribution < -0.4 is 5.32 Å². The third-order valence-corrected chi connectivity index (χ3v) is 6.28. The first-order valence-electron chi connectivity index (χ1n) is 11.3. The summed E-state index contributed by atoms with van der Waals surface area (Å²) in [6.07, 6.45) is 0.708. The summed E-state index contributed by atoms with van der Waals surface area (Å²) in [4.78, 5) is 28.6. The van der Waals surface area contributed by atoms with Gasteiger partial charge in [-0.05, 0) is 60.7 Å². The second kappa shape index (κ2) is 11.8. The van der Waals surface area contributed by atoms with E-state index in [1.54, 1.807) is 4.90 Å². The van der Waals surface area contributed by atoms with Crippen LogP contribution in [0, 0.1) is 13.8 Å². The van der Waals surface area contributed by atoms with Crippen LogP contribution in [0.25, 0.3) is 0 Å². The molecule has 1 N–H and O–H groups in total. The van der Waals surface area contributed by atoms with Gasteiger partial charge >= 0.3 is 0 Å². The fraction of sp³-hybridized carbons (Fsp3) is 0.286. The number of hydrogen-bond acceptors (Lipinski definition) is 2. The SMILES string of the molecule is CCNC(=O)[C@H](Cc1ccccc1)N(Cc1cccc(Br)c1)C(=O)Cc1ccc(C)c(C)c1. The molecule has 2 amide bonds. The molecule has 0 aromatic heterocycles. The molecule has 0 aliphatic carbocycles. The van der Waals surface area contributed by atoms with E-state index < -0.39 is 6.04 Å². The van der Waals surface area contributed by atoms with Crippen LogP contribution in [0.4, 0.5) is 0 Å². The van der Waals surface area contributed by atoms with Gasteiger partial charge in [0.1, 0.15) is 6.04 Å². The maximum atomic E-state index is 13.7. The molecule has 5 heteroatoms. The fourth-order valence-corrected chi connectivity index (χ4v) is 4.31. The van der Waals surface area contributed by atoms with Gasteiger partial charge in [-0.3, -0.25) is 9.59 Å². The van der Waals surface area contributed by atoms with Crippen molar-refractivity contribution in [3.63, 3.8) is 0 Å². The van der Waals surface area contributed by atoms with E-state index in [9.17, 15) is 9.59 Å². The quantitative estimate of drug-likeness (QED) is 0.423. The molecule has 0 aliphatic rings. The summed E-state index contributed by atoms with van der Waals surface area (Å²) in [5.41, 5.74) is 5.30. The van der Waals surface area contributed by atoms with E-state index in [1.807, 2.05) is 73.7 Å². The first-order valence-corrected chi connectivity index (χ1v) is 12.1. The number of amides is 2. The molecule has 0 fully saturated rings. The molecule has 4 nitrogen and oxygen atoms in total. The molecule has 1 atom stereocenters. The molecule has 3 aromatic carbocycles. The Morgan fingerprint density at radius 1 is 0.879 bits per heavy atom. The molecule has 0 radical (unpaired) electrons. The van der Waals surface area contributed by atoms with Gasteiger partial charge in [0.25, 0.3) is 0 Å². The predicted molar refractivity (Wildman–Crippen MR) is 137 cm³/mol. The third kappa shape index (κ3) is 7.03. The van der Waals surface area contributed by atoms with Gasteiger partial charge in [-0.1, -0.05) is 76.6 Å². The molecule has 3 rings (SSSR count). The largest absolute Gasteiger partial charge is 0.355 e. The van der Waals surface area contributed by atoms with Crippen LogP contribution in [0.5, 0.6) is 0 Å². The Labute approximate surface area is 205 Å². The van der Waals surface area contributed by atoms with Gasteiger partial charge in [-0.25, -0.2) is 0 Å². The van der Waals surface area contributed by atoms with Gasteiger partial charge in [-0.15, -0.1) is 0 Å². The Morgan fingerprint density at radius 2 is 1.61 bits per heavy atom. The van der Waals surface area contributed by atoms with Crippen molar-refractivity contribution in [2.45, 2.75) is 46.2 Å². The summed E-state index contributed by atoms with van der Waals surface area (Å²) >= 11 is 3.52. The second-order valence-corrected chi connectivity index (χ2v) is 9.26. The Balaban J connectivity index is 1.96. The van der Waals surface area contributed by atoms with Crippen LogP contribution in [-0.2, 0) is 29.0 Å². The zero-order chi connectivity index (χ0) is 23.8. The maximum Gasteiger partial charge on any atom is 0.243 e. The van der Waals surface area contributed by atoms with Crippen molar-refractivity contribution in [3.05, 3.63) is 105 Å². The number of likely N-dealkylation sites (N-methyl/N-ethyl adjacent to an activating group) is 1. The second-order valence-electron chi connectivity index (χ2n) is 8.35. The lowest BCUT2D eigenvalue weighted by atomic mass is 10.00. The van der Waals surface area contributed by atoms with Crippen LogP contribution in [-0.4, -0.2) is 29.3 Å². The van der Waals surface area contributed by atoms with Crippen molar-refractivity contribution < 1.29 is 9.59 Å². The summed E-state index contributed by atoms with van der Waals surface area (Å²) in [5, 5.41) is 2.94. The average molecular weight is 507 g/mol. The van der Waals surface area contributed by atoms with Crippen LogP contribution in [0.15, 0.2) is 77.3 Å². The molecule has 3 aromatic rings. The molecule has 0 heterocycles. The minimum absolute atomic E-state index is 0.0644. The van der Waals surface area contributed by atoms with Crippen molar-refractivity contribution >= 4 is 27.7 Å². The molecule has 172 valence electrons. The number of aryl methyl sites for hydroxylation is 2. The first-order chi connectivity index (χ1) is 15.9. The molecular formula is C28H31BrN2O2. The molecule has 0 aliphatic heterocycles. The molecule has 33 heavy (non-hydrogen) atoms. The van der Waals surface area contributed by atoms with Crippen LogP contribution in [0.2, 0.25) is 0 Å². The Morgan fingerprint density at radius 3 is 2.27 bits per heavy atom. The van der Waals surface area contributed by atoms with E-state index in [1.165, 1.54) is 5.56 Å². The standard InChI is InChI=1S/C28H31BrN2O2/c1-4-30-28(33)26(17-22-9-6-5-7-10-22)31(19-24-11-8-12-25(29)16-24)27(32)18-23-14-13-20(2)21(3)15-23/h5-16,26H,4,17-19H2,1-3H3,(H,30,33)/t26-/m0/s1. The minimum atomic E-state index is -0.606. The highest BCUT2D eigenvalue weighted by Gasteiger charge is 2.30. The number of nitrogens with one attached hydrogen (secondary N) is 1. The van der Waals surface area contributed by atoms with Gasteiger partial charge in [0, 0.05) is 24.0 Å². The van der Waals surface area contributed by atoms with Gasteiger partial charge in [0.15, 0.2) is 0 Å². The summed E-state index contributed by atoms with van der Waals surface area (Å²) in [6.45, 7) is 6.88. The number of carbonyl (C=O) groups excluding carboxylic acids is 2. The molecule has 0 spiro atoms. The molecular weight excluding hydrogens is 476 g/mol. The zero-order valence-electron chi connectivity index (χ0n) is 19.5. The predicted octanol–water partition coefficient (Wildman–Crippen LogP) is 5.38. The number of carbonyl (C=O) groups is 2. The number of rotatable bonds is 9. The van der Waals surface area contributed by atoms with Crippen LogP contribution in [0.1, 0.15) is 34.7 Å². The van der Waals surface area contributed by atoms with Crippen molar-refractivity contribution in [1.82, 2.24) is 10.2 Å². The Kier molecular flexibility index (Phi) is 8.84. The Bertz CT molecular complexity index is 1100.